The molecule has 5 rings (SSSR count). The van der Waals surface area contributed by atoms with Gasteiger partial charge in [0.05, 0.1) is 11.5 Å². The van der Waals surface area contributed by atoms with Crippen LogP contribution in [0.25, 0.3) is 0 Å². The SMILES string of the molecule is O=C(NCc1ccc(F)cc1)C1c2ccccc2C(=O)N(c2ccccc2)C12CCCC2. The van der Waals surface area contributed by atoms with E-state index in [0.717, 1.165) is 42.5 Å². The van der Waals surface area contributed by atoms with Crippen LogP contribution in [0.15, 0.2) is 78.9 Å². The third kappa shape index (κ3) is 3.38. The van der Waals surface area contributed by atoms with Crippen molar-refractivity contribution in [1.29, 1.82) is 0 Å². The fourth-order valence-corrected chi connectivity index (χ4v) is 5.41. The lowest BCUT2D eigenvalue weighted by Gasteiger charge is -2.50. The molecule has 1 fully saturated rings. The van der Waals surface area contributed by atoms with Gasteiger partial charge in [0.1, 0.15) is 5.82 Å². The largest absolute Gasteiger partial charge is 0.351 e. The van der Waals surface area contributed by atoms with Gasteiger partial charge in [0.25, 0.3) is 5.91 Å². The van der Waals surface area contributed by atoms with Crippen molar-refractivity contribution in [3.05, 3.63) is 101 Å². The van der Waals surface area contributed by atoms with Crippen LogP contribution in [0.4, 0.5) is 10.1 Å². The maximum atomic E-state index is 13.7. The molecule has 0 saturated heterocycles. The lowest BCUT2D eigenvalue weighted by atomic mass is 9.70. The first-order valence-electron chi connectivity index (χ1n) is 11.1. The summed E-state index contributed by atoms with van der Waals surface area (Å²) in [5, 5.41) is 3.07. The molecule has 1 aliphatic heterocycles. The lowest BCUT2D eigenvalue weighted by Crippen LogP contribution is -2.61. The van der Waals surface area contributed by atoms with Crippen molar-refractivity contribution in [2.24, 2.45) is 0 Å². The third-order valence-electron chi connectivity index (χ3n) is 6.81. The number of hydrogen-bond acceptors (Lipinski definition) is 2. The Balaban J connectivity index is 1.57. The number of fused-ring (bicyclic) bond motifs is 1. The number of rotatable bonds is 4. The summed E-state index contributed by atoms with van der Waals surface area (Å²) in [5.41, 5.74) is 2.43. The number of halogens is 1. The van der Waals surface area contributed by atoms with Crippen molar-refractivity contribution in [1.82, 2.24) is 5.32 Å². The molecule has 1 aliphatic carbocycles. The van der Waals surface area contributed by atoms with Crippen LogP contribution in [-0.4, -0.2) is 17.4 Å². The van der Waals surface area contributed by atoms with Crippen molar-refractivity contribution >= 4 is 17.5 Å². The molecule has 1 spiro atoms. The minimum atomic E-state index is -0.598. The van der Waals surface area contributed by atoms with Crippen LogP contribution in [0.3, 0.4) is 0 Å². The summed E-state index contributed by atoms with van der Waals surface area (Å²) in [5.74, 6) is -0.920. The van der Waals surface area contributed by atoms with E-state index in [1.54, 1.807) is 12.1 Å². The summed E-state index contributed by atoms with van der Waals surface area (Å²) in [6, 6.07) is 23.3. The highest BCUT2D eigenvalue weighted by molar-refractivity contribution is 6.12. The molecule has 1 saturated carbocycles. The van der Waals surface area contributed by atoms with Gasteiger partial charge in [-0.15, -0.1) is 0 Å². The van der Waals surface area contributed by atoms with E-state index in [1.165, 1.54) is 12.1 Å². The number of hydrogen-bond donors (Lipinski definition) is 1. The topological polar surface area (TPSA) is 49.4 Å². The first-order chi connectivity index (χ1) is 15.6. The second-order valence-corrected chi connectivity index (χ2v) is 8.65. The van der Waals surface area contributed by atoms with E-state index in [0.29, 0.717) is 12.1 Å². The maximum absolute atomic E-state index is 13.7. The number of amides is 2. The normalized spacial score (nSPS) is 19.1. The molecular weight excluding hydrogens is 403 g/mol. The second kappa shape index (κ2) is 8.23. The second-order valence-electron chi connectivity index (χ2n) is 8.65. The van der Waals surface area contributed by atoms with Gasteiger partial charge in [-0.1, -0.05) is 61.4 Å². The number of anilines is 1. The van der Waals surface area contributed by atoms with Crippen LogP contribution in [-0.2, 0) is 11.3 Å². The molecule has 1 heterocycles. The highest BCUT2D eigenvalue weighted by atomic mass is 19.1. The predicted molar refractivity (Wildman–Crippen MR) is 122 cm³/mol. The van der Waals surface area contributed by atoms with Crippen molar-refractivity contribution < 1.29 is 14.0 Å². The van der Waals surface area contributed by atoms with Crippen LogP contribution in [0.2, 0.25) is 0 Å². The van der Waals surface area contributed by atoms with E-state index >= 15 is 0 Å². The standard InChI is InChI=1S/C27H25FN2O2/c28-20-14-12-19(13-15-20)18-29-25(31)24-22-10-4-5-11-23(22)26(32)30(21-8-2-1-3-9-21)27(24)16-6-7-17-27/h1-5,8-15,24H,6-7,16-18H2,(H,29,31). The van der Waals surface area contributed by atoms with E-state index in [9.17, 15) is 14.0 Å². The summed E-state index contributed by atoms with van der Waals surface area (Å²) in [6.45, 7) is 0.313. The van der Waals surface area contributed by atoms with Crippen molar-refractivity contribution in [3.8, 4) is 0 Å². The van der Waals surface area contributed by atoms with Gasteiger partial charge in [0.15, 0.2) is 0 Å². The van der Waals surface area contributed by atoms with Crippen molar-refractivity contribution in [3.63, 3.8) is 0 Å². The highest BCUT2D eigenvalue weighted by Gasteiger charge is 2.56. The van der Waals surface area contributed by atoms with Crippen molar-refractivity contribution in [2.75, 3.05) is 4.90 Å². The Morgan fingerprint density at radius 3 is 2.31 bits per heavy atom. The van der Waals surface area contributed by atoms with E-state index < -0.39 is 11.5 Å². The zero-order valence-electron chi connectivity index (χ0n) is 17.8. The highest BCUT2D eigenvalue weighted by Crippen LogP contribution is 2.51. The number of nitrogens with one attached hydrogen (secondary N) is 1. The van der Waals surface area contributed by atoms with E-state index in [-0.39, 0.29) is 17.6 Å². The van der Waals surface area contributed by atoms with E-state index in [2.05, 4.69) is 5.32 Å². The Labute approximate surface area is 187 Å². The fourth-order valence-electron chi connectivity index (χ4n) is 5.41. The molecule has 1 unspecified atom stereocenters. The van der Waals surface area contributed by atoms with Crippen molar-refractivity contribution in [2.45, 2.75) is 43.7 Å². The smallest absolute Gasteiger partial charge is 0.259 e. The zero-order valence-corrected chi connectivity index (χ0v) is 17.8. The van der Waals surface area contributed by atoms with Gasteiger partial charge in [-0.3, -0.25) is 9.59 Å². The van der Waals surface area contributed by atoms with Crippen LogP contribution >= 0.6 is 0 Å². The Morgan fingerprint density at radius 1 is 0.938 bits per heavy atom. The Morgan fingerprint density at radius 2 is 1.59 bits per heavy atom. The molecule has 1 atom stereocenters. The molecule has 0 radical (unpaired) electrons. The predicted octanol–water partition coefficient (Wildman–Crippen LogP) is 5.20. The molecular formula is C27H25FN2O2. The zero-order chi connectivity index (χ0) is 22.1. The Kier molecular flexibility index (Phi) is 5.25. The number of carbonyl (C=O) groups excluding carboxylic acids is 2. The summed E-state index contributed by atoms with van der Waals surface area (Å²) in [7, 11) is 0. The summed E-state index contributed by atoms with van der Waals surface area (Å²) in [4.78, 5) is 29.3. The molecule has 5 heteroatoms. The molecule has 2 amide bonds. The van der Waals surface area contributed by atoms with Gasteiger partial charge >= 0.3 is 0 Å². The van der Waals surface area contributed by atoms with Gasteiger partial charge in [0, 0.05) is 17.8 Å². The number of benzene rings is 3. The van der Waals surface area contributed by atoms with Gasteiger partial charge in [-0.05, 0) is 54.3 Å². The first kappa shape index (κ1) is 20.4. The van der Waals surface area contributed by atoms with Gasteiger partial charge in [-0.25, -0.2) is 4.39 Å². The maximum Gasteiger partial charge on any atom is 0.259 e. The molecule has 162 valence electrons. The molecule has 32 heavy (non-hydrogen) atoms. The van der Waals surface area contributed by atoms with Gasteiger partial charge in [-0.2, -0.15) is 0 Å². The van der Waals surface area contributed by atoms with Gasteiger partial charge in [0.2, 0.25) is 5.91 Å². The van der Waals surface area contributed by atoms with Crippen LogP contribution < -0.4 is 10.2 Å². The summed E-state index contributed by atoms with van der Waals surface area (Å²) >= 11 is 0. The molecule has 3 aromatic carbocycles. The Hall–Kier alpha value is -3.47. The average molecular weight is 429 g/mol. The minimum Gasteiger partial charge on any atom is -0.351 e. The third-order valence-corrected chi connectivity index (χ3v) is 6.81. The molecule has 2 aliphatic rings. The number of para-hydroxylation sites is 1. The average Bonchev–Trinajstić information content (AvgIpc) is 3.29. The summed E-state index contributed by atoms with van der Waals surface area (Å²) in [6.07, 6.45) is 3.49. The quantitative estimate of drug-likeness (QED) is 0.621. The summed E-state index contributed by atoms with van der Waals surface area (Å²) < 4.78 is 13.3. The fraction of sp³-hybridized carbons (Fsp3) is 0.259. The van der Waals surface area contributed by atoms with Crippen LogP contribution in [0, 0.1) is 5.82 Å². The molecule has 0 bridgehead atoms. The monoisotopic (exact) mass is 428 g/mol. The van der Waals surface area contributed by atoms with E-state index in [1.807, 2.05) is 59.5 Å². The minimum absolute atomic E-state index is 0.0451. The van der Waals surface area contributed by atoms with E-state index in [4.69, 9.17) is 0 Å². The molecule has 1 N–H and O–H groups in total. The number of nitrogens with zero attached hydrogens (tertiary/aromatic N) is 1. The number of carbonyl (C=O) groups is 2. The van der Waals surface area contributed by atoms with Crippen LogP contribution in [0.5, 0.6) is 0 Å². The Bertz CT molecular complexity index is 1140. The molecule has 4 nitrogen and oxygen atoms in total. The lowest BCUT2D eigenvalue weighted by molar-refractivity contribution is -0.124. The van der Waals surface area contributed by atoms with Gasteiger partial charge < -0.3 is 10.2 Å². The van der Waals surface area contributed by atoms with Crippen LogP contribution in [0.1, 0.15) is 53.1 Å². The molecule has 0 aromatic heterocycles. The molecule has 3 aromatic rings. The first-order valence-corrected chi connectivity index (χ1v) is 11.1.